The number of carbonyl (C=O) groups excluding carboxylic acids is 2. The van der Waals surface area contributed by atoms with Gasteiger partial charge < -0.3 is 14.8 Å². The van der Waals surface area contributed by atoms with Crippen molar-refractivity contribution in [3.05, 3.63) is 6.54 Å². The summed E-state index contributed by atoms with van der Waals surface area (Å²) in [6.07, 6.45) is -0.145. The SMILES string of the molecule is CC(C)(C)OC(=O)N[CH-]C=O.[W+2]. The summed E-state index contributed by atoms with van der Waals surface area (Å²) in [6.45, 7) is 6.21. The van der Waals surface area contributed by atoms with Gasteiger partial charge in [-0.2, -0.15) is 0 Å². The molecule has 0 aliphatic heterocycles. The zero-order valence-electron chi connectivity index (χ0n) is 7.29. The van der Waals surface area contributed by atoms with E-state index in [1.54, 1.807) is 20.8 Å². The van der Waals surface area contributed by atoms with Gasteiger partial charge >= 0.3 is 27.2 Å². The van der Waals surface area contributed by atoms with Gasteiger partial charge in [-0.25, -0.2) is 11.3 Å². The van der Waals surface area contributed by atoms with Crippen molar-refractivity contribution in [2.75, 3.05) is 0 Å². The van der Waals surface area contributed by atoms with Gasteiger partial charge in [0.1, 0.15) is 5.60 Å². The van der Waals surface area contributed by atoms with E-state index in [1.807, 2.05) is 0 Å². The molecule has 0 aliphatic rings. The first-order valence-electron chi connectivity index (χ1n) is 3.22. The van der Waals surface area contributed by atoms with E-state index in [4.69, 9.17) is 4.74 Å². The van der Waals surface area contributed by atoms with Crippen LogP contribution in [0.4, 0.5) is 4.79 Å². The molecule has 0 unspecified atom stereocenters. The van der Waals surface area contributed by atoms with E-state index in [0.717, 1.165) is 6.54 Å². The van der Waals surface area contributed by atoms with Crippen molar-refractivity contribution >= 4 is 12.4 Å². The Morgan fingerprint density at radius 3 is 2.33 bits per heavy atom. The molecule has 1 amide bonds. The van der Waals surface area contributed by atoms with Crippen molar-refractivity contribution in [1.82, 2.24) is 5.32 Å². The van der Waals surface area contributed by atoms with Gasteiger partial charge in [-0.1, -0.05) is 0 Å². The molecule has 12 heavy (non-hydrogen) atoms. The number of ether oxygens (including phenoxy) is 1. The maximum atomic E-state index is 10.7. The van der Waals surface area contributed by atoms with Crippen LogP contribution < -0.4 is 5.32 Å². The van der Waals surface area contributed by atoms with Crippen LogP contribution in [0.5, 0.6) is 0 Å². The second-order valence-corrected chi connectivity index (χ2v) is 2.95. The minimum Gasteiger partial charge on any atom is -0.448 e. The molecule has 0 aromatic carbocycles. The third-order valence-corrected chi connectivity index (χ3v) is 0.668. The zero-order chi connectivity index (χ0) is 8.91. The fourth-order valence-corrected chi connectivity index (χ4v) is 0.410. The number of nitrogens with one attached hydrogen (secondary N) is 1. The molecular formula is C7H12NO3W+. The van der Waals surface area contributed by atoms with Crippen LogP contribution in [0.2, 0.25) is 0 Å². The van der Waals surface area contributed by atoms with Crippen molar-refractivity contribution in [1.29, 1.82) is 0 Å². The van der Waals surface area contributed by atoms with Gasteiger partial charge in [0.15, 0.2) is 0 Å². The van der Waals surface area contributed by atoms with E-state index in [9.17, 15) is 9.59 Å². The molecule has 0 atom stereocenters. The summed E-state index contributed by atoms with van der Waals surface area (Å²) in [6, 6.07) is 0. The van der Waals surface area contributed by atoms with E-state index in [0.29, 0.717) is 6.29 Å². The largest absolute Gasteiger partial charge is 2.00 e. The standard InChI is InChI=1S/C7H12NO3.W/c1-7(2,3)11-6(10)8-4-5-9;/h4-5H,1-3H3,(H,8,10);/q-1;+2. The van der Waals surface area contributed by atoms with E-state index in [1.165, 1.54) is 0 Å². The fraction of sp³-hybridized carbons (Fsp3) is 0.571. The minimum absolute atomic E-state index is 0. The molecular weight excluding hydrogens is 330 g/mol. The van der Waals surface area contributed by atoms with E-state index < -0.39 is 11.7 Å². The summed E-state index contributed by atoms with van der Waals surface area (Å²) in [5.74, 6) is 0. The van der Waals surface area contributed by atoms with Crippen LogP contribution in [-0.4, -0.2) is 18.0 Å². The van der Waals surface area contributed by atoms with Gasteiger partial charge in [-0.15, -0.1) is 0 Å². The van der Waals surface area contributed by atoms with Crippen LogP contribution >= 0.6 is 0 Å². The smallest absolute Gasteiger partial charge is 0.448 e. The van der Waals surface area contributed by atoms with Gasteiger partial charge in [0.05, 0.1) is 0 Å². The Kier molecular flexibility index (Phi) is 7.10. The Morgan fingerprint density at radius 1 is 1.50 bits per heavy atom. The van der Waals surface area contributed by atoms with Gasteiger partial charge in [-0.05, 0) is 20.8 Å². The molecule has 0 bridgehead atoms. The van der Waals surface area contributed by atoms with Gasteiger partial charge in [-0.3, -0.25) is 0 Å². The maximum absolute atomic E-state index is 10.7. The van der Waals surface area contributed by atoms with Crippen LogP contribution in [0.1, 0.15) is 20.8 Å². The van der Waals surface area contributed by atoms with Crippen LogP contribution in [0, 0.1) is 6.54 Å². The average molecular weight is 342 g/mol. The van der Waals surface area contributed by atoms with Gasteiger partial charge in [0, 0.05) is 6.29 Å². The Balaban J connectivity index is 0. The first-order chi connectivity index (χ1) is 4.95. The van der Waals surface area contributed by atoms with Crippen molar-refractivity contribution in [2.24, 2.45) is 0 Å². The first-order valence-corrected chi connectivity index (χ1v) is 3.22. The van der Waals surface area contributed by atoms with Crippen LogP contribution in [-0.2, 0) is 30.6 Å². The predicted molar refractivity (Wildman–Crippen MR) is 39.7 cm³/mol. The normalized spacial score (nSPS) is 9.25. The Bertz CT molecular complexity index is 153. The summed E-state index contributed by atoms with van der Waals surface area (Å²) in [4.78, 5) is 20.4. The molecule has 0 saturated carbocycles. The summed E-state index contributed by atoms with van der Waals surface area (Å²) in [7, 11) is 0. The molecule has 0 aliphatic carbocycles. The van der Waals surface area contributed by atoms with Crippen LogP contribution in [0.3, 0.4) is 0 Å². The molecule has 0 rings (SSSR count). The molecule has 68 valence electrons. The second-order valence-electron chi connectivity index (χ2n) is 2.95. The molecule has 0 saturated heterocycles. The topological polar surface area (TPSA) is 55.4 Å². The average Bonchev–Trinajstić information content (AvgIpc) is 1.79. The summed E-state index contributed by atoms with van der Waals surface area (Å²) in [5.41, 5.74) is -0.527. The number of carbonyl (C=O) groups is 2. The number of hydrogen-bond donors (Lipinski definition) is 1. The van der Waals surface area contributed by atoms with Crippen LogP contribution in [0.25, 0.3) is 0 Å². The number of rotatable bonds is 2. The summed E-state index contributed by atoms with van der Waals surface area (Å²) >= 11 is 0. The fourth-order valence-electron chi connectivity index (χ4n) is 0.410. The third-order valence-electron chi connectivity index (χ3n) is 0.668. The summed E-state index contributed by atoms with van der Waals surface area (Å²) in [5, 5.41) is 2.13. The second kappa shape index (κ2) is 6.06. The van der Waals surface area contributed by atoms with E-state index in [2.05, 4.69) is 5.32 Å². The molecule has 0 fully saturated rings. The first kappa shape index (κ1) is 14.0. The molecule has 4 nitrogen and oxygen atoms in total. The van der Waals surface area contributed by atoms with Crippen molar-refractivity contribution < 1.29 is 35.4 Å². The number of amides is 1. The van der Waals surface area contributed by atoms with Crippen molar-refractivity contribution in [3.63, 3.8) is 0 Å². The van der Waals surface area contributed by atoms with Gasteiger partial charge in [0.25, 0.3) is 0 Å². The maximum Gasteiger partial charge on any atom is 2.00 e. The Hall–Kier alpha value is -0.502. The molecule has 0 spiro atoms. The molecule has 0 aromatic rings. The van der Waals surface area contributed by atoms with E-state index in [-0.39, 0.29) is 21.1 Å². The van der Waals surface area contributed by atoms with Gasteiger partial charge in [0.2, 0.25) is 0 Å². The van der Waals surface area contributed by atoms with Crippen molar-refractivity contribution in [2.45, 2.75) is 26.4 Å². The monoisotopic (exact) mass is 342 g/mol. The van der Waals surface area contributed by atoms with Crippen LogP contribution in [0.15, 0.2) is 0 Å². The van der Waals surface area contributed by atoms with E-state index >= 15 is 0 Å². The molecule has 0 radical (unpaired) electrons. The number of aldehydes is 1. The zero-order valence-corrected chi connectivity index (χ0v) is 10.2. The molecule has 5 heteroatoms. The Labute approximate surface area is 86.3 Å². The summed E-state index contributed by atoms with van der Waals surface area (Å²) < 4.78 is 4.80. The molecule has 0 heterocycles. The minimum atomic E-state index is -0.621. The molecule has 0 aromatic heterocycles. The quantitative estimate of drug-likeness (QED) is 0.599. The predicted octanol–water partition coefficient (Wildman–Crippen LogP) is 0.869. The Morgan fingerprint density at radius 2 is 2.00 bits per heavy atom. The number of hydrogen-bond acceptors (Lipinski definition) is 3. The van der Waals surface area contributed by atoms with Crippen molar-refractivity contribution in [3.8, 4) is 0 Å². The number of alkyl carbamates (subject to hydrolysis) is 1. The third kappa shape index (κ3) is 9.50. The molecule has 1 N–H and O–H groups in total.